The van der Waals surface area contributed by atoms with E-state index in [2.05, 4.69) is 12.2 Å². The van der Waals surface area contributed by atoms with E-state index in [-0.39, 0.29) is 35.9 Å². The molecule has 29 heavy (non-hydrogen) atoms. The summed E-state index contributed by atoms with van der Waals surface area (Å²) < 4.78 is 11.0. The molecule has 0 aromatic heterocycles. The lowest BCUT2D eigenvalue weighted by atomic mass is 9.92. The second-order valence-electron chi connectivity index (χ2n) is 7.90. The van der Waals surface area contributed by atoms with Gasteiger partial charge < -0.3 is 19.7 Å². The molecule has 1 saturated carbocycles. The number of halogens is 1. The zero-order valence-electron chi connectivity index (χ0n) is 17.3. The fourth-order valence-electron chi connectivity index (χ4n) is 3.63. The van der Waals surface area contributed by atoms with Crippen LogP contribution in [0.1, 0.15) is 51.5 Å². The number of aliphatic hydroxyl groups excluding tert-OH is 2. The van der Waals surface area contributed by atoms with Crippen molar-refractivity contribution in [2.75, 3.05) is 6.61 Å². The van der Waals surface area contributed by atoms with Crippen LogP contribution in [0.2, 0.25) is 0 Å². The molecule has 1 aliphatic carbocycles. The zero-order chi connectivity index (χ0) is 21.2. The Morgan fingerprint density at radius 1 is 1.24 bits per heavy atom. The number of unbranched alkanes of at least 4 members (excludes halogenated alkanes) is 1. The van der Waals surface area contributed by atoms with Gasteiger partial charge in [-0.2, -0.15) is 0 Å². The highest BCUT2D eigenvalue weighted by Gasteiger charge is 2.41. The van der Waals surface area contributed by atoms with Gasteiger partial charge in [0.05, 0.1) is 25.4 Å². The number of alkyl halides is 1. The number of hydrogen-bond donors (Lipinski definition) is 2. The Bertz CT molecular complexity index is 643. The van der Waals surface area contributed by atoms with Crippen LogP contribution in [0, 0.1) is 11.8 Å². The van der Waals surface area contributed by atoms with Gasteiger partial charge in [-0.3, -0.25) is 4.79 Å². The maximum Gasteiger partial charge on any atom is 0.306 e. The van der Waals surface area contributed by atoms with Gasteiger partial charge in [0.15, 0.2) is 0 Å². The van der Waals surface area contributed by atoms with Crippen LogP contribution in [0.15, 0.2) is 36.4 Å². The molecule has 0 amide bonds. The second kappa shape index (κ2) is 12.2. The molecule has 1 aromatic carbocycles. The summed E-state index contributed by atoms with van der Waals surface area (Å²) in [7, 11) is 0. The van der Waals surface area contributed by atoms with Crippen molar-refractivity contribution in [2.24, 2.45) is 11.8 Å². The van der Waals surface area contributed by atoms with Crippen LogP contribution in [0.4, 0.5) is 0 Å². The van der Waals surface area contributed by atoms with Crippen molar-refractivity contribution < 1.29 is 24.5 Å². The Kier molecular flexibility index (Phi) is 9.98. The van der Waals surface area contributed by atoms with E-state index in [1.807, 2.05) is 38.1 Å². The third-order valence-corrected chi connectivity index (χ3v) is 5.72. The van der Waals surface area contributed by atoms with Crippen LogP contribution in [0.5, 0.6) is 5.75 Å². The molecule has 5 nitrogen and oxygen atoms in total. The van der Waals surface area contributed by atoms with Crippen LogP contribution < -0.4 is 4.74 Å². The molecule has 6 heteroatoms. The lowest BCUT2D eigenvalue weighted by molar-refractivity contribution is -0.147. The van der Waals surface area contributed by atoms with Crippen LogP contribution in [0.25, 0.3) is 0 Å². The largest absolute Gasteiger partial charge is 0.493 e. The third-order valence-electron chi connectivity index (χ3n) is 5.22. The quantitative estimate of drug-likeness (QED) is 0.240. The van der Waals surface area contributed by atoms with E-state index in [0.717, 1.165) is 30.6 Å². The van der Waals surface area contributed by atoms with E-state index in [9.17, 15) is 9.90 Å². The van der Waals surface area contributed by atoms with E-state index in [1.165, 1.54) is 0 Å². The van der Waals surface area contributed by atoms with Gasteiger partial charge in [0.2, 0.25) is 0 Å². The van der Waals surface area contributed by atoms with Crippen molar-refractivity contribution >= 4 is 17.6 Å². The number of hydrogen-bond acceptors (Lipinski definition) is 5. The number of rotatable bonds is 11. The first-order chi connectivity index (χ1) is 13.9. The molecular formula is C23H33ClO5. The molecular weight excluding hydrogens is 392 g/mol. The van der Waals surface area contributed by atoms with Crippen molar-refractivity contribution in [1.29, 1.82) is 0 Å². The van der Waals surface area contributed by atoms with E-state index in [4.69, 9.17) is 26.2 Å². The summed E-state index contributed by atoms with van der Waals surface area (Å²) in [4.78, 5) is 11.5. The molecule has 162 valence electrons. The smallest absolute Gasteiger partial charge is 0.306 e. The van der Waals surface area contributed by atoms with Crippen LogP contribution >= 0.6 is 11.6 Å². The fraction of sp³-hybridized carbons (Fsp3) is 0.609. The third kappa shape index (κ3) is 8.00. The molecule has 2 rings (SSSR count). The monoisotopic (exact) mass is 424 g/mol. The molecule has 1 fully saturated rings. The minimum atomic E-state index is -0.474. The van der Waals surface area contributed by atoms with E-state index in [1.54, 1.807) is 0 Å². The highest BCUT2D eigenvalue weighted by Crippen LogP contribution is 2.39. The molecule has 0 bridgehead atoms. The van der Waals surface area contributed by atoms with Crippen molar-refractivity contribution in [2.45, 2.75) is 70.1 Å². The van der Waals surface area contributed by atoms with E-state index in [0.29, 0.717) is 19.4 Å². The van der Waals surface area contributed by atoms with Crippen LogP contribution in [-0.2, 0) is 16.1 Å². The normalized spacial score (nSPS) is 24.3. The summed E-state index contributed by atoms with van der Waals surface area (Å²) >= 11 is 6.48. The van der Waals surface area contributed by atoms with Gasteiger partial charge in [-0.05, 0) is 63.1 Å². The number of aliphatic hydroxyl groups is 2. The number of carbonyl (C=O) groups excluding carboxylic acids is 1. The Morgan fingerprint density at radius 3 is 2.62 bits per heavy atom. The van der Waals surface area contributed by atoms with Crippen molar-refractivity contribution in [3.63, 3.8) is 0 Å². The maximum atomic E-state index is 11.5. The zero-order valence-corrected chi connectivity index (χ0v) is 18.1. The number of allylic oxidation sites excluding steroid dienone is 2. The molecule has 0 aliphatic heterocycles. The summed E-state index contributed by atoms with van der Waals surface area (Å²) in [6.45, 7) is 4.10. The molecule has 0 radical (unpaired) electrons. The average molecular weight is 425 g/mol. The van der Waals surface area contributed by atoms with Crippen LogP contribution in [-0.4, -0.2) is 40.4 Å². The lowest BCUT2D eigenvalue weighted by Crippen LogP contribution is -2.27. The Hall–Kier alpha value is -1.56. The predicted molar refractivity (Wildman–Crippen MR) is 114 cm³/mol. The Balaban J connectivity index is 1.77. The van der Waals surface area contributed by atoms with Crippen molar-refractivity contribution in [3.05, 3.63) is 42.0 Å². The van der Waals surface area contributed by atoms with Gasteiger partial charge in [-0.15, -0.1) is 11.6 Å². The molecule has 2 N–H and O–H groups in total. The minimum Gasteiger partial charge on any atom is -0.493 e. The standard InChI is InChI=1S/C23H33ClO5/c1-16(2)29-23(27)8-6-4-3-5-7-19-20(22(26)13-21(19)24)15-28-18-11-9-17(14-25)10-12-18/h3,5,9-12,16,19-22,25-26H,4,6-8,13-15H2,1-2H3/b5-3-/t19-,20-,21-,22-/m1/s1. The predicted octanol–water partition coefficient (Wildman–Crippen LogP) is 4.23. The molecule has 0 spiro atoms. The van der Waals surface area contributed by atoms with Gasteiger partial charge in [-0.25, -0.2) is 0 Å². The molecule has 0 saturated heterocycles. The SMILES string of the molecule is CC(C)OC(=O)CCC/C=C\C[C@@H]1[C@@H](COc2ccc(CO)cc2)[C@H](O)C[C@H]1Cl. The molecule has 1 aliphatic rings. The van der Waals surface area contributed by atoms with Gasteiger partial charge in [0, 0.05) is 17.7 Å². The highest BCUT2D eigenvalue weighted by atomic mass is 35.5. The Morgan fingerprint density at radius 2 is 1.97 bits per heavy atom. The first-order valence-electron chi connectivity index (χ1n) is 10.4. The number of carbonyl (C=O) groups is 1. The maximum absolute atomic E-state index is 11.5. The van der Waals surface area contributed by atoms with E-state index >= 15 is 0 Å². The van der Waals surface area contributed by atoms with Crippen molar-refractivity contribution in [1.82, 2.24) is 0 Å². The summed E-state index contributed by atoms with van der Waals surface area (Å²) in [6.07, 6.45) is 6.96. The van der Waals surface area contributed by atoms with Gasteiger partial charge in [-0.1, -0.05) is 24.3 Å². The van der Waals surface area contributed by atoms with E-state index < -0.39 is 6.10 Å². The number of benzene rings is 1. The minimum absolute atomic E-state index is 0.00284. The number of ether oxygens (including phenoxy) is 2. The molecule has 1 aromatic rings. The first-order valence-corrected chi connectivity index (χ1v) is 10.8. The summed E-state index contributed by atoms with van der Waals surface area (Å²) in [5.74, 6) is 0.679. The lowest BCUT2D eigenvalue weighted by Gasteiger charge is -2.22. The Labute approximate surface area is 178 Å². The van der Waals surface area contributed by atoms with Gasteiger partial charge >= 0.3 is 5.97 Å². The summed E-state index contributed by atoms with van der Waals surface area (Å²) in [6, 6.07) is 7.29. The summed E-state index contributed by atoms with van der Waals surface area (Å²) in [5, 5.41) is 19.4. The van der Waals surface area contributed by atoms with Gasteiger partial charge in [0.25, 0.3) is 0 Å². The van der Waals surface area contributed by atoms with Gasteiger partial charge in [0.1, 0.15) is 5.75 Å². The average Bonchev–Trinajstić information content (AvgIpc) is 2.95. The highest BCUT2D eigenvalue weighted by molar-refractivity contribution is 6.21. The summed E-state index contributed by atoms with van der Waals surface area (Å²) in [5.41, 5.74) is 0.833. The second-order valence-corrected chi connectivity index (χ2v) is 8.46. The van der Waals surface area contributed by atoms with Crippen LogP contribution in [0.3, 0.4) is 0 Å². The molecule has 4 atom stereocenters. The fourth-order valence-corrected chi connectivity index (χ4v) is 4.10. The first kappa shape index (κ1) is 23.7. The molecule has 0 heterocycles. The molecule has 0 unspecified atom stereocenters. The number of esters is 1. The topological polar surface area (TPSA) is 76.0 Å². The van der Waals surface area contributed by atoms with Crippen molar-refractivity contribution in [3.8, 4) is 5.75 Å².